The quantitative estimate of drug-likeness (QED) is 0.149. The van der Waals surface area contributed by atoms with Crippen LogP contribution in [0.1, 0.15) is 59.5 Å². The Hall–Kier alpha value is -10.1. The standard InChI is InChI=1S/C86H60BNO3S3/c1-85(2,3)54-27-31-56(32-28-54)88(57-33-29-55(30-34-57)86(4,5)6)58-35-40-66-75(47-58)93-76-46-53(59-37-38-63-80-74(94-84(63)77(59)50-19-11-8-12-20-50)42-41-73-79(80)62-22-14-16-24-72(62)92-73)45-71-82(76)87(66)65-39-26-52(44-69(65)90-71)51-25-36-61-68(43-51)91-83-64(49-17-9-7-10-18-49)48-70-78(81(61)83)60-21-13-15-23-67(60)89-70/h7-48H,1-6H3/i7D,9D,10D,17D,18D. The number of hydrogen-bond donors (Lipinski definition) is 0. The van der Waals surface area contributed by atoms with Crippen LogP contribution in [0.15, 0.2) is 273 Å². The van der Waals surface area contributed by atoms with Gasteiger partial charge in [0.1, 0.15) is 33.8 Å². The molecule has 0 spiro atoms. The minimum absolute atomic E-state index is 0.0105. The van der Waals surface area contributed by atoms with Gasteiger partial charge in [0, 0.05) is 99.9 Å². The van der Waals surface area contributed by atoms with Crippen molar-refractivity contribution in [3.8, 4) is 56.0 Å². The number of rotatable bonds is 7. The lowest BCUT2D eigenvalue weighted by molar-refractivity contribution is 0.486. The van der Waals surface area contributed by atoms with Crippen molar-refractivity contribution < 1.29 is 20.4 Å². The molecule has 0 saturated heterocycles. The zero-order valence-electron chi connectivity index (χ0n) is 57.3. The summed E-state index contributed by atoms with van der Waals surface area (Å²) in [5, 5.41) is 8.43. The molecule has 2 aliphatic heterocycles. The lowest BCUT2D eigenvalue weighted by Gasteiger charge is -2.35. The monoisotopic (exact) mass is 1270 g/mol. The van der Waals surface area contributed by atoms with Gasteiger partial charge < -0.3 is 18.5 Å². The number of ether oxygens (including phenoxy) is 1. The Kier molecular flexibility index (Phi) is 11.1. The van der Waals surface area contributed by atoms with Crippen molar-refractivity contribution in [1.29, 1.82) is 0 Å². The lowest BCUT2D eigenvalue weighted by atomic mass is 9.35. The number of benzene rings is 13. The fourth-order valence-electron chi connectivity index (χ4n) is 14.8. The van der Waals surface area contributed by atoms with E-state index < -0.39 is 18.1 Å². The molecule has 94 heavy (non-hydrogen) atoms. The molecule has 448 valence electrons. The first-order chi connectivity index (χ1) is 47.9. The van der Waals surface area contributed by atoms with Gasteiger partial charge in [-0.1, -0.05) is 216 Å². The Morgan fingerprint density at radius 1 is 0.404 bits per heavy atom. The molecule has 8 heteroatoms. The molecule has 0 saturated carbocycles. The van der Waals surface area contributed by atoms with Crippen LogP contribution >= 0.6 is 34.4 Å². The third-order valence-electron chi connectivity index (χ3n) is 19.4. The highest BCUT2D eigenvalue weighted by Crippen LogP contribution is 2.52. The molecule has 0 aliphatic carbocycles. The lowest BCUT2D eigenvalue weighted by Crippen LogP contribution is -2.57. The van der Waals surface area contributed by atoms with Crippen molar-refractivity contribution in [2.45, 2.75) is 62.2 Å². The van der Waals surface area contributed by atoms with E-state index in [1.807, 2.05) is 64.8 Å². The number of anilines is 3. The van der Waals surface area contributed by atoms with Crippen molar-refractivity contribution in [1.82, 2.24) is 0 Å². The first kappa shape index (κ1) is 50.5. The molecule has 0 amide bonds. The number of furan rings is 2. The number of para-hydroxylation sites is 1. The summed E-state index contributed by atoms with van der Waals surface area (Å²) in [4.78, 5) is 4.71. The highest BCUT2D eigenvalue weighted by Gasteiger charge is 2.40. The Balaban J connectivity index is 0.804. The SMILES string of the molecule is [2H]c1c([2H])c([2H])c(-c2cc3oc4ccccc4c3c3c2oc2cc(-c4ccc5c(c4)Oc4cc(-c6ccc7c(sc8ccc9sc%10ccccc%10c9c87)c6-c6ccccc6)cc6c4B5c4ccc(N(c5ccc(C(C)(C)C)cc5)c5ccc(C(C)(C)C)cc5)cc4S6)ccc23)c([2H])c1[2H]. The van der Waals surface area contributed by atoms with Crippen molar-refractivity contribution in [3.63, 3.8) is 0 Å². The van der Waals surface area contributed by atoms with Gasteiger partial charge in [-0.3, -0.25) is 0 Å². The van der Waals surface area contributed by atoms with Gasteiger partial charge in [0.2, 0.25) is 0 Å². The topological polar surface area (TPSA) is 38.8 Å². The van der Waals surface area contributed by atoms with E-state index in [1.54, 1.807) is 6.07 Å². The molecular weight excluding hydrogens is 1200 g/mol. The number of fused-ring (bicyclic) bond motifs is 18. The second-order valence-corrected chi connectivity index (χ2v) is 30.3. The van der Waals surface area contributed by atoms with Gasteiger partial charge in [-0.15, -0.1) is 22.7 Å². The molecular formula is C86H60BNO3S3. The molecule has 4 aromatic heterocycles. The highest BCUT2D eigenvalue weighted by molar-refractivity contribution is 8.00. The number of hydrogen-bond acceptors (Lipinski definition) is 7. The average molecular weight is 1270 g/mol. The zero-order valence-corrected chi connectivity index (χ0v) is 54.8. The maximum Gasteiger partial charge on any atom is 0.253 e. The maximum absolute atomic E-state index is 9.11. The maximum atomic E-state index is 9.11. The summed E-state index contributed by atoms with van der Waals surface area (Å²) in [5.74, 6) is 1.56. The molecule has 13 aromatic carbocycles. The van der Waals surface area contributed by atoms with Crippen molar-refractivity contribution in [2.75, 3.05) is 4.90 Å². The minimum Gasteiger partial charge on any atom is -0.458 e. The van der Waals surface area contributed by atoms with Gasteiger partial charge in [-0.25, -0.2) is 0 Å². The fraction of sp³-hybridized carbons (Fsp3) is 0.0930. The van der Waals surface area contributed by atoms with Gasteiger partial charge in [0.15, 0.2) is 0 Å². The van der Waals surface area contributed by atoms with Gasteiger partial charge in [-0.2, -0.15) is 0 Å². The van der Waals surface area contributed by atoms with Gasteiger partial charge in [0.25, 0.3) is 6.71 Å². The van der Waals surface area contributed by atoms with E-state index >= 15 is 0 Å². The fourth-order valence-corrected chi connectivity index (χ4v) is 18.4. The molecule has 2 aliphatic rings. The van der Waals surface area contributed by atoms with E-state index in [-0.39, 0.29) is 35.2 Å². The first-order valence-corrected chi connectivity index (χ1v) is 34.4. The van der Waals surface area contributed by atoms with Crippen molar-refractivity contribution >= 4 is 159 Å². The van der Waals surface area contributed by atoms with E-state index in [4.69, 9.17) is 20.4 Å². The average Bonchev–Trinajstić information content (AvgIpc) is 1.71. The summed E-state index contributed by atoms with van der Waals surface area (Å²) in [6, 6.07) is 79.4. The van der Waals surface area contributed by atoms with Crippen LogP contribution in [-0.4, -0.2) is 6.71 Å². The molecule has 0 unspecified atom stereocenters. The summed E-state index contributed by atoms with van der Waals surface area (Å²) >= 11 is 5.56. The van der Waals surface area contributed by atoms with Gasteiger partial charge in [-0.05, 0) is 163 Å². The van der Waals surface area contributed by atoms with Crippen LogP contribution in [0.2, 0.25) is 0 Å². The second kappa shape index (κ2) is 20.7. The summed E-state index contributed by atoms with van der Waals surface area (Å²) in [6.45, 7) is 13.4. The van der Waals surface area contributed by atoms with Crippen molar-refractivity contribution in [3.05, 3.63) is 266 Å². The third-order valence-corrected chi connectivity index (χ3v) is 22.9. The molecule has 17 aromatic rings. The number of nitrogens with zero attached hydrogens (tertiary/aromatic N) is 1. The molecule has 19 rings (SSSR count). The van der Waals surface area contributed by atoms with Crippen LogP contribution < -0.4 is 26.0 Å². The summed E-state index contributed by atoms with van der Waals surface area (Å²) < 4.78 is 70.1. The van der Waals surface area contributed by atoms with Crippen LogP contribution in [0.4, 0.5) is 17.1 Å². The van der Waals surface area contributed by atoms with Gasteiger partial charge >= 0.3 is 0 Å². The summed E-state index contributed by atoms with van der Waals surface area (Å²) in [5.41, 5.74) is 18.1. The van der Waals surface area contributed by atoms with E-state index in [0.717, 1.165) is 93.7 Å². The second-order valence-electron chi connectivity index (χ2n) is 27.1. The molecule has 0 atom stereocenters. The van der Waals surface area contributed by atoms with E-state index in [2.05, 4.69) is 234 Å². The largest absolute Gasteiger partial charge is 0.458 e. The van der Waals surface area contributed by atoms with E-state index in [1.165, 1.54) is 67.4 Å². The Labute approximate surface area is 564 Å². The smallest absolute Gasteiger partial charge is 0.253 e. The van der Waals surface area contributed by atoms with Crippen LogP contribution in [0.3, 0.4) is 0 Å². The van der Waals surface area contributed by atoms with E-state index in [0.29, 0.717) is 27.9 Å². The molecule has 0 N–H and O–H groups in total. The first-order valence-electron chi connectivity index (χ1n) is 34.5. The molecule has 0 radical (unpaired) electrons. The highest BCUT2D eigenvalue weighted by atomic mass is 32.2. The van der Waals surface area contributed by atoms with Crippen LogP contribution in [0.5, 0.6) is 11.5 Å². The van der Waals surface area contributed by atoms with Crippen molar-refractivity contribution in [2.24, 2.45) is 0 Å². The van der Waals surface area contributed by atoms with E-state index in [9.17, 15) is 0 Å². The Morgan fingerprint density at radius 3 is 1.81 bits per heavy atom. The third kappa shape index (κ3) is 8.66. The van der Waals surface area contributed by atoms with Crippen LogP contribution in [0.25, 0.3) is 129 Å². The Bertz CT molecular complexity index is 6250. The summed E-state index contributed by atoms with van der Waals surface area (Å²) in [6.07, 6.45) is 0. The molecule has 4 nitrogen and oxygen atoms in total. The van der Waals surface area contributed by atoms with Gasteiger partial charge in [0.05, 0.1) is 6.85 Å². The molecule has 0 bridgehead atoms. The number of thiophene rings is 2. The summed E-state index contributed by atoms with van der Waals surface area (Å²) in [7, 11) is 0. The molecule has 6 heterocycles. The minimum atomic E-state index is -0.461. The van der Waals surface area contributed by atoms with Crippen LogP contribution in [0, 0.1) is 0 Å². The Morgan fingerprint density at radius 2 is 1.04 bits per heavy atom. The normalized spacial score (nSPS) is 13.8. The predicted octanol–water partition coefficient (Wildman–Crippen LogP) is 24.0. The molecule has 0 fully saturated rings. The zero-order chi connectivity index (χ0) is 67.2. The van der Waals surface area contributed by atoms with Crippen LogP contribution in [-0.2, 0) is 10.8 Å². The predicted molar refractivity (Wildman–Crippen MR) is 402 cm³/mol.